The molecule has 3 amide bonds. The molecule has 2 aromatic carbocycles. The maximum atomic E-state index is 13.6. The molecule has 0 radical (unpaired) electrons. The van der Waals surface area contributed by atoms with Gasteiger partial charge in [-0.2, -0.15) is 0 Å². The van der Waals surface area contributed by atoms with Crippen LogP contribution in [0.2, 0.25) is 0 Å². The van der Waals surface area contributed by atoms with Crippen LogP contribution in [0.1, 0.15) is 44.2 Å². The van der Waals surface area contributed by atoms with E-state index in [0.29, 0.717) is 18.7 Å². The highest BCUT2D eigenvalue weighted by Gasteiger charge is 2.27. The topological polar surface area (TPSA) is 152 Å². The van der Waals surface area contributed by atoms with Crippen LogP contribution in [0.15, 0.2) is 72.3 Å². The zero-order valence-corrected chi connectivity index (χ0v) is 28.7. The van der Waals surface area contributed by atoms with Gasteiger partial charge in [0.2, 0.25) is 17.7 Å². The summed E-state index contributed by atoms with van der Waals surface area (Å²) in [7, 11) is 1.67. The van der Waals surface area contributed by atoms with Crippen molar-refractivity contribution in [2.45, 2.75) is 64.3 Å². The number of nitrogens with one attached hydrogen (secondary N) is 4. The minimum absolute atomic E-state index is 0.0557. The van der Waals surface area contributed by atoms with Gasteiger partial charge in [0.05, 0.1) is 6.42 Å². The highest BCUT2D eigenvalue weighted by Crippen LogP contribution is 2.17. The first-order valence-electron chi connectivity index (χ1n) is 17.0. The van der Waals surface area contributed by atoms with Gasteiger partial charge in [-0.15, -0.1) is 0 Å². The summed E-state index contributed by atoms with van der Waals surface area (Å²) in [4.78, 5) is 56.5. The SMILES string of the molecule is C/C=C\C(=C/C)CC(=O)N[C@@H]1Cc2ccc(cc2)NC(=O)CCN2CCN(CCC(OC)Nc3ccc(cc3)C[C@@H](C(=O)O)NC1=O)CC2. The number of carboxylic acid groups (broad SMARTS) is 1. The number of amides is 3. The van der Waals surface area contributed by atoms with E-state index >= 15 is 0 Å². The number of ether oxygens (including phenoxy) is 1. The lowest BCUT2D eigenvalue weighted by Crippen LogP contribution is -2.53. The maximum absolute atomic E-state index is 13.6. The Morgan fingerprint density at radius 1 is 0.878 bits per heavy atom. The van der Waals surface area contributed by atoms with Crippen LogP contribution in [0.3, 0.4) is 0 Å². The molecular formula is C37H50N6O6. The van der Waals surface area contributed by atoms with Crippen molar-refractivity contribution in [3.05, 3.63) is 83.5 Å². The van der Waals surface area contributed by atoms with Gasteiger partial charge in [-0.05, 0) is 54.8 Å². The number of allylic oxidation sites excluding steroid dienone is 3. The van der Waals surface area contributed by atoms with Crippen LogP contribution in [-0.4, -0.2) is 103 Å². The Labute approximate surface area is 288 Å². The van der Waals surface area contributed by atoms with Crippen molar-refractivity contribution >= 4 is 35.1 Å². The number of nitrogens with zero attached hydrogens (tertiary/aromatic N) is 2. The molecular weight excluding hydrogens is 624 g/mol. The quantitative estimate of drug-likeness (QED) is 0.291. The lowest BCUT2D eigenvalue weighted by molar-refractivity contribution is -0.142. The molecule has 5 N–H and O–H groups in total. The van der Waals surface area contributed by atoms with Crippen LogP contribution in [-0.2, 0) is 36.8 Å². The van der Waals surface area contributed by atoms with Crippen LogP contribution in [0.5, 0.6) is 0 Å². The second-order valence-electron chi connectivity index (χ2n) is 12.5. The van der Waals surface area contributed by atoms with Gasteiger partial charge in [0.25, 0.3) is 0 Å². The predicted octanol–water partition coefficient (Wildman–Crippen LogP) is 3.17. The molecule has 7 rings (SSSR count). The van der Waals surface area contributed by atoms with Gasteiger partial charge in [-0.25, -0.2) is 4.79 Å². The van der Waals surface area contributed by atoms with Gasteiger partial charge < -0.3 is 40.9 Å². The van der Waals surface area contributed by atoms with E-state index in [2.05, 4.69) is 31.1 Å². The molecule has 2 aromatic rings. The summed E-state index contributed by atoms with van der Waals surface area (Å²) < 4.78 is 5.69. The molecule has 264 valence electrons. The second kappa shape index (κ2) is 18.9. The van der Waals surface area contributed by atoms with E-state index in [9.17, 15) is 24.3 Å². The summed E-state index contributed by atoms with van der Waals surface area (Å²) >= 11 is 0. The van der Waals surface area contributed by atoms with Crippen LogP contribution in [0.25, 0.3) is 0 Å². The second-order valence-corrected chi connectivity index (χ2v) is 12.5. The van der Waals surface area contributed by atoms with Crippen molar-refractivity contribution < 1.29 is 29.0 Å². The molecule has 12 heteroatoms. The van der Waals surface area contributed by atoms with Crippen molar-refractivity contribution in [2.75, 3.05) is 57.0 Å². The Morgan fingerprint density at radius 3 is 2.08 bits per heavy atom. The van der Waals surface area contributed by atoms with Crippen LogP contribution in [0.4, 0.5) is 11.4 Å². The van der Waals surface area contributed by atoms with E-state index in [-0.39, 0.29) is 37.3 Å². The first-order valence-corrected chi connectivity index (χ1v) is 17.0. The number of fused-ring (bicyclic) bond motifs is 3. The zero-order chi connectivity index (χ0) is 35.2. The summed E-state index contributed by atoms with van der Waals surface area (Å²) in [6.07, 6.45) is 6.67. The first-order chi connectivity index (χ1) is 23.6. The van der Waals surface area contributed by atoms with Crippen LogP contribution < -0.4 is 21.3 Å². The minimum atomic E-state index is -1.22. The van der Waals surface area contributed by atoms with Gasteiger partial charge in [-0.3, -0.25) is 14.4 Å². The molecule has 6 bridgehead atoms. The number of hydrogen-bond donors (Lipinski definition) is 5. The summed E-state index contributed by atoms with van der Waals surface area (Å²) in [5.41, 5.74) is 3.73. The van der Waals surface area contributed by atoms with Gasteiger partial charge in [0.1, 0.15) is 18.3 Å². The number of hydrogen-bond acceptors (Lipinski definition) is 8. The third-order valence-electron chi connectivity index (χ3n) is 8.89. The summed E-state index contributed by atoms with van der Waals surface area (Å²) in [5, 5.41) is 21.9. The highest BCUT2D eigenvalue weighted by atomic mass is 16.5. The Kier molecular flexibility index (Phi) is 14.4. The molecule has 3 atom stereocenters. The lowest BCUT2D eigenvalue weighted by Gasteiger charge is -2.35. The Hall–Kier alpha value is -4.52. The molecule has 49 heavy (non-hydrogen) atoms. The number of methoxy groups -OCH3 is 1. The van der Waals surface area contributed by atoms with Gasteiger partial charge >= 0.3 is 5.97 Å². The lowest BCUT2D eigenvalue weighted by atomic mass is 10.0. The average Bonchev–Trinajstić information content (AvgIpc) is 3.09. The number of rotatable bonds is 6. The average molecular weight is 675 g/mol. The summed E-state index contributed by atoms with van der Waals surface area (Å²) in [5.74, 6) is -2.23. The molecule has 1 saturated heterocycles. The number of anilines is 2. The molecule has 0 saturated carbocycles. The molecule has 1 unspecified atom stereocenters. The number of aliphatic carboxylic acids is 1. The van der Waals surface area contributed by atoms with E-state index in [4.69, 9.17) is 4.74 Å². The molecule has 0 aliphatic carbocycles. The van der Waals surface area contributed by atoms with E-state index in [1.807, 2.05) is 56.3 Å². The third-order valence-corrected chi connectivity index (χ3v) is 8.89. The van der Waals surface area contributed by atoms with Crippen molar-refractivity contribution in [3.63, 3.8) is 0 Å². The third kappa shape index (κ3) is 12.1. The van der Waals surface area contributed by atoms with Crippen molar-refractivity contribution in [1.29, 1.82) is 0 Å². The fourth-order valence-corrected chi connectivity index (χ4v) is 5.97. The number of carboxylic acids is 1. The Balaban J connectivity index is 1.55. The molecule has 12 nitrogen and oxygen atoms in total. The predicted molar refractivity (Wildman–Crippen MR) is 190 cm³/mol. The molecule has 5 heterocycles. The number of benzene rings is 2. The highest BCUT2D eigenvalue weighted by molar-refractivity contribution is 5.92. The van der Waals surface area contributed by atoms with Gasteiger partial charge in [0, 0.05) is 83.4 Å². The smallest absolute Gasteiger partial charge is 0.326 e. The molecule has 1 fully saturated rings. The largest absolute Gasteiger partial charge is 0.480 e. The van der Waals surface area contributed by atoms with Crippen LogP contribution in [0, 0.1) is 0 Å². The number of piperazine rings is 1. The van der Waals surface area contributed by atoms with Gasteiger partial charge in [-0.1, -0.05) is 42.5 Å². The van der Waals surface area contributed by atoms with Crippen molar-refractivity contribution in [2.24, 2.45) is 0 Å². The monoisotopic (exact) mass is 674 g/mol. The first kappa shape index (κ1) is 37.3. The van der Waals surface area contributed by atoms with Crippen LogP contribution >= 0.6 is 0 Å². The summed E-state index contributed by atoms with van der Waals surface area (Å²) in [6, 6.07) is 12.3. The number of carbonyl (C=O) groups is 4. The summed E-state index contributed by atoms with van der Waals surface area (Å²) in [6.45, 7) is 8.85. The van der Waals surface area contributed by atoms with E-state index in [1.165, 1.54) is 0 Å². The normalized spacial score (nSPS) is 24.6. The minimum Gasteiger partial charge on any atom is -0.480 e. The Bertz CT molecular complexity index is 1470. The molecule has 0 aromatic heterocycles. The standard InChI is InChI=1S/C37H50N6O6/c1-4-6-26(5-2)25-34(45)40-31-23-27-7-11-29(12-8-27)38-33(44)15-17-42-19-21-43(22-20-42)18-16-35(49-3)39-30-13-9-28(10-14-30)24-32(37(47)48)41-36(31)46/h4-14,31-32,35,39H,15-25H2,1-3H3,(H,38,44)(H,40,45)(H,41,46)(H,47,48)/b6-4-,26-5+/t31-,32+,35?/m1/s1. The van der Waals surface area contributed by atoms with E-state index in [1.54, 1.807) is 31.4 Å². The van der Waals surface area contributed by atoms with Gasteiger partial charge in [0.15, 0.2) is 0 Å². The fourth-order valence-electron chi connectivity index (χ4n) is 5.97. The Morgan fingerprint density at radius 2 is 1.49 bits per heavy atom. The maximum Gasteiger partial charge on any atom is 0.326 e. The molecule has 5 aliphatic heterocycles. The molecule has 0 spiro atoms. The van der Waals surface area contributed by atoms with Crippen molar-refractivity contribution in [3.8, 4) is 0 Å². The zero-order valence-electron chi connectivity index (χ0n) is 28.7. The molecule has 5 aliphatic rings. The fraction of sp³-hybridized carbons (Fsp3) is 0.459. The van der Waals surface area contributed by atoms with Crippen molar-refractivity contribution in [1.82, 2.24) is 20.4 Å². The number of carbonyl (C=O) groups excluding carboxylic acids is 3. The van der Waals surface area contributed by atoms with E-state index < -0.39 is 24.0 Å². The van der Waals surface area contributed by atoms with E-state index in [0.717, 1.165) is 61.5 Å².